The second kappa shape index (κ2) is 8.65. The minimum Gasteiger partial charge on any atom is -0.756 e. The van der Waals surface area contributed by atoms with Crippen molar-refractivity contribution in [3.05, 3.63) is 76.5 Å². The Balaban J connectivity index is 1.92. The van der Waals surface area contributed by atoms with Crippen molar-refractivity contribution in [3.8, 4) is 0 Å². The molecule has 0 aliphatic rings. The number of benzene rings is 2. The first-order chi connectivity index (χ1) is 11.5. The molecule has 0 N–H and O–H groups in total. The summed E-state index contributed by atoms with van der Waals surface area (Å²) in [7, 11) is 0. The van der Waals surface area contributed by atoms with Gasteiger partial charge in [0.2, 0.25) is 5.91 Å². The maximum atomic E-state index is 12.3. The van der Waals surface area contributed by atoms with Crippen molar-refractivity contribution in [1.82, 2.24) is 5.06 Å². The highest BCUT2D eigenvalue weighted by atomic mass is 16.5. The number of hydrogen-bond acceptors (Lipinski definition) is 2. The summed E-state index contributed by atoms with van der Waals surface area (Å²) in [5, 5.41) is 12.7. The van der Waals surface area contributed by atoms with Crippen molar-refractivity contribution in [2.75, 3.05) is 6.54 Å². The lowest BCUT2D eigenvalue weighted by molar-refractivity contribution is -0.129. The molecule has 0 fully saturated rings. The maximum Gasteiger partial charge on any atom is 0.219 e. The highest BCUT2D eigenvalue weighted by molar-refractivity contribution is 5.83. The van der Waals surface area contributed by atoms with E-state index < -0.39 is 5.92 Å². The first-order valence-electron chi connectivity index (χ1n) is 8.58. The van der Waals surface area contributed by atoms with Crippen LogP contribution >= 0.6 is 0 Å². The molecule has 0 spiro atoms. The lowest BCUT2D eigenvalue weighted by atomic mass is 9.96. The number of rotatable bonds is 7. The largest absolute Gasteiger partial charge is 0.756 e. The van der Waals surface area contributed by atoms with Gasteiger partial charge in [0.25, 0.3) is 0 Å². The lowest BCUT2D eigenvalue weighted by Gasteiger charge is -2.31. The van der Waals surface area contributed by atoms with Gasteiger partial charge in [-0.1, -0.05) is 68.4 Å². The van der Waals surface area contributed by atoms with Crippen molar-refractivity contribution in [2.24, 2.45) is 5.92 Å². The molecule has 0 saturated carbocycles. The first kappa shape index (κ1) is 18.2. The third-order valence-electron chi connectivity index (χ3n) is 4.19. The van der Waals surface area contributed by atoms with Crippen molar-refractivity contribution in [3.63, 3.8) is 0 Å². The van der Waals surface area contributed by atoms with Crippen LogP contribution in [0.25, 0.3) is 0 Å². The number of carbonyl (C=O) groups excluding carboxylic acids is 1. The molecule has 1 amide bonds. The topological polar surface area (TPSA) is 43.4 Å². The highest BCUT2D eigenvalue weighted by Gasteiger charge is 2.16. The van der Waals surface area contributed by atoms with Gasteiger partial charge in [-0.2, -0.15) is 0 Å². The predicted octanol–water partition coefficient (Wildman–Crippen LogP) is 4.56. The second-order valence-corrected chi connectivity index (χ2v) is 6.74. The van der Waals surface area contributed by atoms with Gasteiger partial charge in [0.05, 0.1) is 5.92 Å². The fourth-order valence-electron chi connectivity index (χ4n) is 2.76. The molecule has 0 bridgehead atoms. The van der Waals surface area contributed by atoms with E-state index in [1.54, 1.807) is 6.92 Å². The molecule has 0 aromatic heterocycles. The summed E-state index contributed by atoms with van der Waals surface area (Å²) in [6.45, 7) is 6.36. The SMILES string of the molecule is CC(C)Cc1ccc(C(C)C(=O)N([O-])CCc2ccccc2)cc1. The van der Waals surface area contributed by atoms with E-state index in [1.807, 2.05) is 42.5 Å². The molecule has 0 radical (unpaired) electrons. The zero-order valence-corrected chi connectivity index (χ0v) is 14.7. The van der Waals surface area contributed by atoms with Crippen LogP contribution in [0.4, 0.5) is 0 Å². The summed E-state index contributed by atoms with van der Waals surface area (Å²) in [5.41, 5.74) is 3.22. The summed E-state index contributed by atoms with van der Waals surface area (Å²) in [4.78, 5) is 12.3. The smallest absolute Gasteiger partial charge is 0.219 e. The Bertz CT molecular complexity index is 635. The molecule has 0 aliphatic heterocycles. The minimum absolute atomic E-state index is 0.193. The molecule has 3 nitrogen and oxygen atoms in total. The van der Waals surface area contributed by atoms with E-state index in [-0.39, 0.29) is 12.5 Å². The number of nitrogens with zero attached hydrogens (tertiary/aromatic N) is 1. The molecule has 0 saturated heterocycles. The summed E-state index contributed by atoms with van der Waals surface area (Å²) in [6.07, 6.45) is 1.60. The average molecular weight is 324 g/mol. The van der Waals surface area contributed by atoms with Crippen LogP contribution in [0.15, 0.2) is 54.6 Å². The molecule has 24 heavy (non-hydrogen) atoms. The van der Waals surface area contributed by atoms with Crippen molar-refractivity contribution >= 4 is 5.91 Å². The minimum atomic E-state index is -0.411. The molecule has 1 atom stereocenters. The van der Waals surface area contributed by atoms with E-state index in [2.05, 4.69) is 26.0 Å². The van der Waals surface area contributed by atoms with Gasteiger partial charge >= 0.3 is 0 Å². The normalized spacial score (nSPS) is 12.2. The monoisotopic (exact) mass is 324 g/mol. The van der Waals surface area contributed by atoms with E-state index >= 15 is 0 Å². The zero-order valence-electron chi connectivity index (χ0n) is 14.7. The first-order valence-corrected chi connectivity index (χ1v) is 8.58. The summed E-state index contributed by atoms with van der Waals surface area (Å²) in [6, 6.07) is 17.8. The van der Waals surface area contributed by atoms with Gasteiger partial charge in [0.15, 0.2) is 0 Å². The molecule has 3 heteroatoms. The van der Waals surface area contributed by atoms with Crippen molar-refractivity contribution < 1.29 is 4.79 Å². The molecular weight excluding hydrogens is 298 g/mol. The average Bonchev–Trinajstić information content (AvgIpc) is 2.59. The maximum absolute atomic E-state index is 12.3. The van der Waals surface area contributed by atoms with E-state index in [1.165, 1.54) is 5.56 Å². The molecule has 2 aromatic carbocycles. The van der Waals surface area contributed by atoms with Crippen molar-refractivity contribution in [1.29, 1.82) is 0 Å². The number of amides is 1. The molecule has 128 valence electrons. The van der Waals surface area contributed by atoms with Crippen molar-refractivity contribution in [2.45, 2.75) is 39.5 Å². The Kier molecular flexibility index (Phi) is 6.56. The lowest BCUT2D eigenvalue weighted by Crippen LogP contribution is -2.30. The molecule has 0 aliphatic carbocycles. The molecule has 2 rings (SSSR count). The van der Waals surface area contributed by atoms with Crippen LogP contribution in [0, 0.1) is 11.1 Å². The summed E-state index contributed by atoms with van der Waals surface area (Å²) < 4.78 is 0. The van der Waals surface area contributed by atoms with Crippen LogP contribution < -0.4 is 0 Å². The summed E-state index contributed by atoms with van der Waals surface area (Å²) >= 11 is 0. The van der Waals surface area contributed by atoms with E-state index in [9.17, 15) is 10.0 Å². The fraction of sp³-hybridized carbons (Fsp3) is 0.381. The Hall–Kier alpha value is -2.13. The molecule has 0 heterocycles. The fourth-order valence-corrected chi connectivity index (χ4v) is 2.76. The number of carbonyl (C=O) groups is 1. The number of hydrogen-bond donors (Lipinski definition) is 0. The van der Waals surface area contributed by atoms with Crippen LogP contribution in [0.5, 0.6) is 0 Å². The quantitative estimate of drug-likeness (QED) is 0.701. The molecular formula is C21H26NO2-. The van der Waals surface area contributed by atoms with Crippen LogP contribution in [0.3, 0.4) is 0 Å². The number of hydroxylamine groups is 2. The van der Waals surface area contributed by atoms with Gasteiger partial charge in [-0.3, -0.25) is 4.79 Å². The van der Waals surface area contributed by atoms with Crippen LogP contribution in [-0.2, 0) is 17.6 Å². The van der Waals surface area contributed by atoms with Gasteiger partial charge in [-0.25, -0.2) is 0 Å². The zero-order chi connectivity index (χ0) is 17.5. The van der Waals surface area contributed by atoms with Gasteiger partial charge in [-0.15, -0.1) is 0 Å². The van der Waals surface area contributed by atoms with Gasteiger partial charge in [-0.05, 0) is 42.4 Å². The highest BCUT2D eigenvalue weighted by Crippen LogP contribution is 2.20. The standard InChI is InChI=1S/C21H26NO2/c1-16(2)15-19-9-11-20(12-10-19)17(3)21(23)22(24)14-13-18-7-5-4-6-8-18/h4-12,16-17H,13-15H2,1-3H3/q-1. The van der Waals surface area contributed by atoms with Gasteiger partial charge in [0, 0.05) is 6.54 Å². The van der Waals surface area contributed by atoms with E-state index in [0.29, 0.717) is 17.4 Å². The van der Waals surface area contributed by atoms with Crippen LogP contribution in [0.2, 0.25) is 0 Å². The van der Waals surface area contributed by atoms with Crippen LogP contribution in [-0.4, -0.2) is 17.5 Å². The Morgan fingerprint density at radius 2 is 1.58 bits per heavy atom. The van der Waals surface area contributed by atoms with Gasteiger partial charge < -0.3 is 10.3 Å². The molecule has 2 aromatic rings. The van der Waals surface area contributed by atoms with E-state index in [0.717, 1.165) is 17.5 Å². The Labute approximate surface area is 144 Å². The van der Waals surface area contributed by atoms with Crippen LogP contribution in [0.1, 0.15) is 43.4 Å². The Morgan fingerprint density at radius 3 is 2.17 bits per heavy atom. The summed E-state index contributed by atoms with van der Waals surface area (Å²) in [5.74, 6) is -0.182. The second-order valence-electron chi connectivity index (χ2n) is 6.74. The van der Waals surface area contributed by atoms with Gasteiger partial charge in [0.1, 0.15) is 0 Å². The third-order valence-corrected chi connectivity index (χ3v) is 4.19. The predicted molar refractivity (Wildman–Crippen MR) is 98.6 cm³/mol. The Morgan fingerprint density at radius 1 is 0.958 bits per heavy atom. The van der Waals surface area contributed by atoms with E-state index in [4.69, 9.17) is 0 Å². The molecule has 1 unspecified atom stereocenters. The third kappa shape index (κ3) is 5.20.